The van der Waals surface area contributed by atoms with Crippen LogP contribution in [0.1, 0.15) is 106 Å². The molecule has 0 aromatic heterocycles. The molecule has 6 nitrogen and oxygen atoms in total. The van der Waals surface area contributed by atoms with Crippen LogP contribution < -0.4 is 0 Å². The first-order valence-corrected chi connectivity index (χ1v) is 13.8. The van der Waals surface area contributed by atoms with Crippen LogP contribution >= 0.6 is 0 Å². The number of esters is 1. The van der Waals surface area contributed by atoms with Crippen molar-refractivity contribution in [3.8, 4) is 0 Å². The smallest absolute Gasteiger partial charge is 0.372 e. The molecule has 3 fully saturated rings. The fraction of sp³-hybridized carbons (Fsp3) is 0.862. The molecule has 8 atom stereocenters. The molecule has 3 saturated carbocycles. The highest BCUT2D eigenvalue weighted by atomic mass is 16.5. The predicted molar refractivity (Wildman–Crippen MR) is 134 cm³/mol. The lowest BCUT2D eigenvalue weighted by Gasteiger charge is -2.54. The van der Waals surface area contributed by atoms with E-state index in [1.165, 1.54) is 26.2 Å². The van der Waals surface area contributed by atoms with Gasteiger partial charge in [0.2, 0.25) is 5.78 Å². The van der Waals surface area contributed by atoms with Crippen LogP contribution in [0.25, 0.3) is 0 Å². The second kappa shape index (κ2) is 10.7. The molecule has 3 rings (SSSR count). The number of rotatable bonds is 9. The van der Waals surface area contributed by atoms with E-state index in [1.54, 1.807) is 0 Å². The summed E-state index contributed by atoms with van der Waals surface area (Å²) in [5.41, 5.74) is -0.827. The Labute approximate surface area is 210 Å². The number of Topliss-reactive ketones (excluding diaryl/α,β-unsaturated/α-hetero) is 2. The van der Waals surface area contributed by atoms with Crippen molar-refractivity contribution in [2.45, 2.75) is 112 Å². The van der Waals surface area contributed by atoms with Crippen LogP contribution in [0.3, 0.4) is 0 Å². The molecule has 0 bridgehead atoms. The number of fused-ring (bicyclic) bond motifs is 1. The van der Waals surface area contributed by atoms with Gasteiger partial charge in [-0.1, -0.05) is 53.9 Å². The standard InChI is InChI=1S/C29H46O6/c1-17(2)8-7-9-18(3)21-10-11-22-25(26(32)27(33)34)23(13-15-28(21,22)5)29(6)14-12-20(16-24(29)31)35-19(4)30/h17-18,20-23,25H,7-16H2,1-6H3,(H,33,34)/t18-,20-,21+,22+,23-,25-,28+,29+/m0/s1. The summed E-state index contributed by atoms with van der Waals surface area (Å²) < 4.78 is 5.31. The van der Waals surface area contributed by atoms with Gasteiger partial charge in [0.1, 0.15) is 11.9 Å². The number of hydrogen-bond acceptors (Lipinski definition) is 5. The van der Waals surface area contributed by atoms with E-state index in [4.69, 9.17) is 4.74 Å². The highest BCUT2D eigenvalue weighted by Crippen LogP contribution is 2.64. The second-order valence-corrected chi connectivity index (χ2v) is 12.8. The molecule has 6 heteroatoms. The first-order valence-electron chi connectivity index (χ1n) is 13.8. The van der Waals surface area contributed by atoms with Gasteiger partial charge in [-0.15, -0.1) is 0 Å². The fourth-order valence-electron chi connectivity index (χ4n) is 8.26. The van der Waals surface area contributed by atoms with Crippen molar-refractivity contribution in [3.63, 3.8) is 0 Å². The summed E-state index contributed by atoms with van der Waals surface area (Å²) in [4.78, 5) is 50.1. The molecule has 198 valence electrons. The Bertz CT molecular complexity index is 833. The van der Waals surface area contributed by atoms with E-state index in [0.29, 0.717) is 37.0 Å². The van der Waals surface area contributed by atoms with Gasteiger partial charge in [0.05, 0.1) is 0 Å². The normalized spacial score (nSPS) is 38.1. The summed E-state index contributed by atoms with van der Waals surface area (Å²) in [6, 6.07) is 0. The molecule has 0 amide bonds. The van der Waals surface area contributed by atoms with Crippen molar-refractivity contribution in [2.75, 3.05) is 0 Å². The molecule has 0 aromatic rings. The summed E-state index contributed by atoms with van der Waals surface area (Å²) in [7, 11) is 0. The highest BCUT2D eigenvalue weighted by molar-refractivity contribution is 6.33. The molecule has 0 heterocycles. The zero-order chi connectivity index (χ0) is 26.1. The number of aliphatic carboxylic acids is 1. The molecule has 0 saturated heterocycles. The van der Waals surface area contributed by atoms with Crippen molar-refractivity contribution < 1.29 is 29.0 Å². The average Bonchev–Trinajstić information content (AvgIpc) is 3.11. The van der Waals surface area contributed by atoms with E-state index in [-0.39, 0.29) is 29.5 Å². The minimum atomic E-state index is -1.37. The first kappa shape index (κ1) is 27.9. The lowest BCUT2D eigenvalue weighted by molar-refractivity contribution is -0.164. The lowest BCUT2D eigenvalue weighted by Crippen LogP contribution is -2.54. The van der Waals surface area contributed by atoms with Crippen LogP contribution in [0.15, 0.2) is 0 Å². The number of ketones is 2. The van der Waals surface area contributed by atoms with E-state index in [9.17, 15) is 24.3 Å². The minimum Gasteiger partial charge on any atom is -0.475 e. The molecule has 3 aliphatic rings. The van der Waals surface area contributed by atoms with Gasteiger partial charge in [0.25, 0.3) is 0 Å². The average molecular weight is 491 g/mol. The largest absolute Gasteiger partial charge is 0.475 e. The van der Waals surface area contributed by atoms with E-state index in [2.05, 4.69) is 27.7 Å². The molecule has 0 aliphatic heterocycles. The van der Waals surface area contributed by atoms with E-state index >= 15 is 0 Å². The van der Waals surface area contributed by atoms with Crippen molar-refractivity contribution >= 4 is 23.5 Å². The SMILES string of the molecule is CC(=O)O[C@H]1CC[C@](C)([C@H]2CC[C@@]3(C)[C@H](CC[C@@H]3[C@@H](C)CCCC(C)C)[C@@H]2C(=O)C(=O)O)C(=O)C1. The van der Waals surface area contributed by atoms with Gasteiger partial charge < -0.3 is 9.84 Å². The van der Waals surface area contributed by atoms with E-state index in [1.807, 2.05) is 6.92 Å². The molecule has 0 unspecified atom stereocenters. The van der Waals surface area contributed by atoms with Crippen LogP contribution in [-0.2, 0) is 23.9 Å². The molecule has 0 aromatic carbocycles. The lowest BCUT2D eigenvalue weighted by atomic mass is 9.49. The van der Waals surface area contributed by atoms with Crippen LogP contribution in [0.4, 0.5) is 0 Å². The Kier molecular flexibility index (Phi) is 8.53. The maximum atomic E-state index is 13.4. The Morgan fingerprint density at radius 3 is 2.26 bits per heavy atom. The van der Waals surface area contributed by atoms with Gasteiger partial charge in [-0.3, -0.25) is 14.4 Å². The Morgan fingerprint density at radius 2 is 1.69 bits per heavy atom. The molecule has 3 aliphatic carbocycles. The number of carboxylic acids is 1. The molecular weight excluding hydrogens is 444 g/mol. The Morgan fingerprint density at radius 1 is 1.00 bits per heavy atom. The van der Waals surface area contributed by atoms with E-state index < -0.39 is 35.2 Å². The highest BCUT2D eigenvalue weighted by Gasteiger charge is 2.61. The van der Waals surface area contributed by atoms with Gasteiger partial charge in [-0.05, 0) is 73.5 Å². The van der Waals surface area contributed by atoms with Crippen LogP contribution in [0.2, 0.25) is 0 Å². The molecular formula is C29H46O6. The summed E-state index contributed by atoms with van der Waals surface area (Å²) >= 11 is 0. The number of ether oxygens (including phenoxy) is 1. The summed E-state index contributed by atoms with van der Waals surface area (Å²) in [6.45, 7) is 12.4. The quantitative estimate of drug-likeness (QED) is 0.321. The molecule has 1 N–H and O–H groups in total. The summed E-state index contributed by atoms with van der Waals surface area (Å²) in [5.74, 6) is -1.66. The van der Waals surface area contributed by atoms with Crippen molar-refractivity contribution in [3.05, 3.63) is 0 Å². The van der Waals surface area contributed by atoms with Gasteiger partial charge in [-0.25, -0.2) is 4.79 Å². The van der Waals surface area contributed by atoms with Crippen LogP contribution in [-0.4, -0.2) is 34.7 Å². The monoisotopic (exact) mass is 490 g/mol. The minimum absolute atomic E-state index is 0.00165. The van der Waals surface area contributed by atoms with E-state index in [0.717, 1.165) is 19.3 Å². The predicted octanol–water partition coefficient (Wildman–Crippen LogP) is 5.85. The third-order valence-corrected chi connectivity index (χ3v) is 10.2. The van der Waals surface area contributed by atoms with Gasteiger partial charge in [0.15, 0.2) is 0 Å². The maximum absolute atomic E-state index is 13.4. The van der Waals surface area contributed by atoms with Crippen LogP contribution in [0, 0.1) is 46.3 Å². The van der Waals surface area contributed by atoms with Crippen LogP contribution in [0.5, 0.6) is 0 Å². The summed E-state index contributed by atoms with van der Waals surface area (Å²) in [6.07, 6.45) is 7.93. The van der Waals surface area contributed by atoms with Crippen molar-refractivity contribution in [1.82, 2.24) is 0 Å². The number of hydrogen-bond donors (Lipinski definition) is 1. The van der Waals surface area contributed by atoms with Gasteiger partial charge >= 0.3 is 11.9 Å². The fourth-order valence-corrected chi connectivity index (χ4v) is 8.26. The zero-order valence-electron chi connectivity index (χ0n) is 22.6. The molecule has 0 radical (unpaired) electrons. The first-order chi connectivity index (χ1) is 16.3. The van der Waals surface area contributed by atoms with Gasteiger partial charge in [-0.2, -0.15) is 0 Å². The Balaban J connectivity index is 1.84. The van der Waals surface area contributed by atoms with Crippen molar-refractivity contribution in [2.24, 2.45) is 46.3 Å². The Hall–Kier alpha value is -1.72. The number of carbonyl (C=O) groups is 4. The van der Waals surface area contributed by atoms with Crippen molar-refractivity contribution in [1.29, 1.82) is 0 Å². The number of carboxylic acid groups (broad SMARTS) is 1. The third-order valence-electron chi connectivity index (χ3n) is 10.2. The zero-order valence-corrected chi connectivity index (χ0v) is 22.6. The second-order valence-electron chi connectivity index (χ2n) is 12.8. The number of carbonyl (C=O) groups excluding carboxylic acids is 3. The molecule has 35 heavy (non-hydrogen) atoms. The topological polar surface area (TPSA) is 97.7 Å². The third kappa shape index (κ3) is 5.51. The van der Waals surface area contributed by atoms with Gasteiger partial charge in [0, 0.05) is 24.7 Å². The summed E-state index contributed by atoms with van der Waals surface area (Å²) in [5, 5.41) is 9.80. The molecule has 0 spiro atoms. The maximum Gasteiger partial charge on any atom is 0.372 e.